The van der Waals surface area contributed by atoms with E-state index in [1.54, 1.807) is 0 Å². The van der Waals surface area contributed by atoms with Gasteiger partial charge in [0.05, 0.1) is 17.3 Å². The molecule has 1 unspecified atom stereocenters. The molecule has 0 spiro atoms. The molecule has 1 aliphatic rings. The van der Waals surface area contributed by atoms with E-state index in [9.17, 15) is 5.26 Å². The fraction of sp³-hybridized carbons (Fsp3) is 0.278. The van der Waals surface area contributed by atoms with Crippen molar-refractivity contribution < 1.29 is 0 Å². The van der Waals surface area contributed by atoms with Crippen LogP contribution < -0.4 is 5.32 Å². The fourth-order valence-corrected chi connectivity index (χ4v) is 3.13. The monoisotopic (exact) mass is 262 g/mol. The molecule has 0 amide bonds. The Kier molecular flexibility index (Phi) is 2.99. The average Bonchev–Trinajstić information content (AvgIpc) is 2.70. The molecule has 20 heavy (non-hydrogen) atoms. The zero-order valence-electron chi connectivity index (χ0n) is 11.9. The van der Waals surface area contributed by atoms with Gasteiger partial charge in [-0.05, 0) is 35.1 Å². The molecule has 100 valence electrons. The molecule has 1 atom stereocenters. The van der Waals surface area contributed by atoms with Crippen LogP contribution in [0.1, 0.15) is 36.6 Å². The second-order valence-corrected chi connectivity index (χ2v) is 6.10. The number of para-hydroxylation sites is 1. The Labute approximate surface area is 120 Å². The Balaban J connectivity index is 2.00. The minimum absolute atomic E-state index is 0.145. The number of benzene rings is 2. The van der Waals surface area contributed by atoms with E-state index in [-0.39, 0.29) is 11.5 Å². The Hall–Kier alpha value is -2.27. The molecular formula is C18H18N2. The lowest BCUT2D eigenvalue weighted by Gasteiger charge is -2.29. The number of nitrogens with one attached hydrogen (secondary N) is 1. The Bertz CT molecular complexity index is 680. The number of hydrogen-bond donors (Lipinski definition) is 1. The van der Waals surface area contributed by atoms with Gasteiger partial charge in [0.2, 0.25) is 0 Å². The van der Waals surface area contributed by atoms with E-state index in [1.807, 2.05) is 24.3 Å². The highest BCUT2D eigenvalue weighted by Gasteiger charge is 2.38. The van der Waals surface area contributed by atoms with Crippen molar-refractivity contribution in [1.82, 2.24) is 0 Å². The van der Waals surface area contributed by atoms with Crippen LogP contribution in [0, 0.1) is 16.7 Å². The van der Waals surface area contributed by atoms with Gasteiger partial charge in [-0.15, -0.1) is 0 Å². The highest BCUT2D eigenvalue weighted by atomic mass is 14.9. The molecular weight excluding hydrogens is 244 g/mol. The topological polar surface area (TPSA) is 35.8 Å². The normalized spacial score (nSPS) is 19.1. The third kappa shape index (κ3) is 2.06. The molecule has 0 aromatic heterocycles. The fourth-order valence-electron chi connectivity index (χ4n) is 3.13. The van der Waals surface area contributed by atoms with Gasteiger partial charge in [0.15, 0.2) is 0 Å². The van der Waals surface area contributed by atoms with Crippen molar-refractivity contribution in [3.8, 4) is 6.07 Å². The van der Waals surface area contributed by atoms with Crippen LogP contribution in [0.15, 0.2) is 48.5 Å². The van der Waals surface area contributed by atoms with Crippen molar-refractivity contribution in [2.45, 2.75) is 26.3 Å². The third-order valence-electron chi connectivity index (χ3n) is 4.14. The Morgan fingerprint density at radius 1 is 1.10 bits per heavy atom. The SMILES string of the molecule is CC1(C)Cc2ccccc2C1Nc1ccccc1C#N. The predicted octanol–water partition coefficient (Wildman–Crippen LogP) is 4.29. The maximum Gasteiger partial charge on any atom is 0.101 e. The average molecular weight is 262 g/mol. The molecule has 0 saturated carbocycles. The zero-order valence-corrected chi connectivity index (χ0v) is 11.9. The lowest BCUT2D eigenvalue weighted by Crippen LogP contribution is -2.24. The third-order valence-corrected chi connectivity index (χ3v) is 4.14. The Morgan fingerprint density at radius 3 is 2.60 bits per heavy atom. The van der Waals surface area contributed by atoms with E-state index in [0.29, 0.717) is 5.56 Å². The van der Waals surface area contributed by atoms with E-state index >= 15 is 0 Å². The second-order valence-electron chi connectivity index (χ2n) is 6.10. The van der Waals surface area contributed by atoms with Gasteiger partial charge in [-0.25, -0.2) is 0 Å². The summed E-state index contributed by atoms with van der Waals surface area (Å²) in [6, 6.07) is 18.8. The van der Waals surface area contributed by atoms with Crippen molar-refractivity contribution in [1.29, 1.82) is 5.26 Å². The zero-order chi connectivity index (χ0) is 14.2. The molecule has 0 saturated heterocycles. The predicted molar refractivity (Wildman–Crippen MR) is 81.4 cm³/mol. The minimum atomic E-state index is 0.145. The summed E-state index contributed by atoms with van der Waals surface area (Å²) in [6.07, 6.45) is 1.07. The van der Waals surface area contributed by atoms with Crippen LogP contribution in [0.4, 0.5) is 5.69 Å². The van der Waals surface area contributed by atoms with E-state index in [2.05, 4.69) is 49.5 Å². The van der Waals surface area contributed by atoms with Gasteiger partial charge in [0, 0.05) is 0 Å². The van der Waals surface area contributed by atoms with Gasteiger partial charge < -0.3 is 5.32 Å². The van der Waals surface area contributed by atoms with Crippen LogP contribution >= 0.6 is 0 Å². The summed E-state index contributed by atoms with van der Waals surface area (Å²) < 4.78 is 0. The van der Waals surface area contributed by atoms with Crippen LogP contribution in [0.2, 0.25) is 0 Å². The first kappa shape index (κ1) is 12.7. The van der Waals surface area contributed by atoms with Crippen molar-refractivity contribution in [2.75, 3.05) is 5.32 Å². The Morgan fingerprint density at radius 2 is 1.80 bits per heavy atom. The quantitative estimate of drug-likeness (QED) is 0.876. The van der Waals surface area contributed by atoms with Crippen LogP contribution in [-0.2, 0) is 6.42 Å². The van der Waals surface area contributed by atoms with Crippen LogP contribution in [0.25, 0.3) is 0 Å². The number of rotatable bonds is 2. The van der Waals surface area contributed by atoms with Gasteiger partial charge in [0.1, 0.15) is 6.07 Å². The van der Waals surface area contributed by atoms with Gasteiger partial charge in [-0.2, -0.15) is 5.26 Å². The molecule has 0 heterocycles. The molecule has 2 heteroatoms. The smallest absolute Gasteiger partial charge is 0.101 e. The van der Waals surface area contributed by atoms with Gasteiger partial charge in [-0.3, -0.25) is 0 Å². The van der Waals surface area contributed by atoms with Crippen LogP contribution in [-0.4, -0.2) is 0 Å². The molecule has 0 radical (unpaired) electrons. The molecule has 3 rings (SSSR count). The van der Waals surface area contributed by atoms with Crippen LogP contribution in [0.5, 0.6) is 0 Å². The lowest BCUT2D eigenvalue weighted by atomic mass is 9.85. The number of anilines is 1. The van der Waals surface area contributed by atoms with Crippen molar-refractivity contribution in [3.63, 3.8) is 0 Å². The molecule has 2 aromatic carbocycles. The van der Waals surface area contributed by atoms with Gasteiger partial charge in [-0.1, -0.05) is 50.2 Å². The molecule has 0 bridgehead atoms. The minimum Gasteiger partial charge on any atom is -0.377 e. The summed E-state index contributed by atoms with van der Waals surface area (Å²) in [5.41, 5.74) is 4.53. The van der Waals surface area contributed by atoms with E-state index in [0.717, 1.165) is 12.1 Å². The standard InChI is InChI=1S/C18H18N2/c1-18(2)11-13-7-3-5-9-15(13)17(18)20-16-10-6-4-8-14(16)12-19/h3-10,17,20H,11H2,1-2H3. The first-order chi connectivity index (χ1) is 9.62. The van der Waals surface area contributed by atoms with Crippen molar-refractivity contribution in [3.05, 3.63) is 65.2 Å². The molecule has 1 N–H and O–H groups in total. The second kappa shape index (κ2) is 4.68. The molecule has 2 nitrogen and oxygen atoms in total. The van der Waals surface area contributed by atoms with Gasteiger partial charge in [0.25, 0.3) is 0 Å². The van der Waals surface area contributed by atoms with Crippen molar-refractivity contribution >= 4 is 5.69 Å². The van der Waals surface area contributed by atoms with Gasteiger partial charge >= 0.3 is 0 Å². The highest BCUT2D eigenvalue weighted by molar-refractivity contribution is 5.59. The van der Waals surface area contributed by atoms with E-state index < -0.39 is 0 Å². The van der Waals surface area contributed by atoms with Crippen LogP contribution in [0.3, 0.4) is 0 Å². The molecule has 2 aromatic rings. The molecule has 0 aliphatic heterocycles. The van der Waals surface area contributed by atoms with E-state index in [4.69, 9.17) is 0 Å². The maximum atomic E-state index is 9.23. The summed E-state index contributed by atoms with van der Waals surface area (Å²) in [6.45, 7) is 4.55. The number of fused-ring (bicyclic) bond motifs is 1. The summed E-state index contributed by atoms with van der Waals surface area (Å²) in [5.74, 6) is 0. The lowest BCUT2D eigenvalue weighted by molar-refractivity contribution is 0.337. The summed E-state index contributed by atoms with van der Waals surface area (Å²) in [4.78, 5) is 0. The first-order valence-corrected chi connectivity index (χ1v) is 6.95. The summed E-state index contributed by atoms with van der Waals surface area (Å²) in [5, 5.41) is 12.8. The largest absolute Gasteiger partial charge is 0.377 e. The summed E-state index contributed by atoms with van der Waals surface area (Å²) >= 11 is 0. The highest BCUT2D eigenvalue weighted by Crippen LogP contribution is 2.46. The van der Waals surface area contributed by atoms with Crippen molar-refractivity contribution in [2.24, 2.45) is 5.41 Å². The molecule has 0 fully saturated rings. The first-order valence-electron chi connectivity index (χ1n) is 6.95. The van der Waals surface area contributed by atoms with E-state index in [1.165, 1.54) is 11.1 Å². The number of nitrogens with zero attached hydrogens (tertiary/aromatic N) is 1. The number of hydrogen-bond acceptors (Lipinski definition) is 2. The maximum absolute atomic E-state index is 9.23. The summed E-state index contributed by atoms with van der Waals surface area (Å²) in [7, 11) is 0. The molecule has 1 aliphatic carbocycles. The number of nitriles is 1.